The molecule has 1 amide bonds. The average Bonchev–Trinajstić information content (AvgIpc) is 2.96. The predicted molar refractivity (Wildman–Crippen MR) is 116 cm³/mol. The number of carbonyl (C=O) groups is 2. The molecule has 0 bridgehead atoms. The number of nitrogens with zero attached hydrogens (tertiary/aromatic N) is 2. The van der Waals surface area contributed by atoms with Crippen LogP contribution in [0.25, 0.3) is 5.76 Å². The highest BCUT2D eigenvalue weighted by molar-refractivity contribution is 6.46. The third-order valence-electron chi connectivity index (χ3n) is 5.41. The number of hydrogen-bond donors (Lipinski definition) is 1. The summed E-state index contributed by atoms with van der Waals surface area (Å²) in [5.74, 6) is -0.751. The van der Waals surface area contributed by atoms with Crippen LogP contribution in [0.2, 0.25) is 0 Å². The van der Waals surface area contributed by atoms with E-state index in [1.807, 2.05) is 57.1 Å². The number of hydrogen-bond acceptors (Lipinski definition) is 5. The van der Waals surface area contributed by atoms with Crippen LogP contribution in [0.1, 0.15) is 28.3 Å². The number of rotatable bonds is 6. The molecule has 158 valence electrons. The zero-order valence-corrected chi connectivity index (χ0v) is 18.1. The van der Waals surface area contributed by atoms with Crippen LogP contribution in [0.15, 0.2) is 48.0 Å². The summed E-state index contributed by atoms with van der Waals surface area (Å²) in [5, 5.41) is 11.2. The Balaban J connectivity index is 2.16. The van der Waals surface area contributed by atoms with Crippen LogP contribution in [0, 0.1) is 13.8 Å². The molecule has 30 heavy (non-hydrogen) atoms. The fourth-order valence-electron chi connectivity index (χ4n) is 3.69. The third kappa shape index (κ3) is 4.09. The Morgan fingerprint density at radius 3 is 2.33 bits per heavy atom. The largest absolute Gasteiger partial charge is 0.507 e. The van der Waals surface area contributed by atoms with Crippen LogP contribution >= 0.6 is 0 Å². The van der Waals surface area contributed by atoms with Gasteiger partial charge in [0.1, 0.15) is 11.5 Å². The number of ether oxygens (including phenoxy) is 1. The van der Waals surface area contributed by atoms with Gasteiger partial charge >= 0.3 is 0 Å². The van der Waals surface area contributed by atoms with Crippen LogP contribution in [-0.4, -0.2) is 60.9 Å². The summed E-state index contributed by atoms with van der Waals surface area (Å²) in [7, 11) is 5.40. The first-order valence-electron chi connectivity index (χ1n) is 9.89. The Bertz CT molecular complexity index is 993. The van der Waals surface area contributed by atoms with Gasteiger partial charge in [0, 0.05) is 18.7 Å². The molecule has 0 radical (unpaired) electrons. The molecule has 1 aliphatic rings. The summed E-state index contributed by atoms with van der Waals surface area (Å²) in [6.45, 7) is 4.81. The van der Waals surface area contributed by atoms with Crippen LogP contribution in [0.4, 0.5) is 0 Å². The van der Waals surface area contributed by atoms with Crippen molar-refractivity contribution in [2.45, 2.75) is 19.9 Å². The van der Waals surface area contributed by atoms with E-state index in [0.717, 1.165) is 16.7 Å². The van der Waals surface area contributed by atoms with E-state index in [-0.39, 0.29) is 11.3 Å². The van der Waals surface area contributed by atoms with Gasteiger partial charge in [-0.05, 0) is 57.3 Å². The van der Waals surface area contributed by atoms with Crippen molar-refractivity contribution in [2.24, 2.45) is 0 Å². The number of aliphatic hydroxyl groups excluding tert-OH is 1. The standard InChI is InChI=1S/C24H28N2O4/c1-15-6-8-17(9-7-15)21-20(23(28)24(29)26(21)13-12-25(3)4)22(27)19-11-10-18(30-5)14-16(19)2/h6-11,14,21,27H,12-13H2,1-5H3. The summed E-state index contributed by atoms with van der Waals surface area (Å²) in [6, 6.07) is 12.3. The highest BCUT2D eigenvalue weighted by atomic mass is 16.5. The number of likely N-dealkylation sites (tertiary alicyclic amines) is 1. The lowest BCUT2D eigenvalue weighted by molar-refractivity contribution is -0.140. The summed E-state index contributed by atoms with van der Waals surface area (Å²) in [5.41, 5.74) is 3.27. The molecule has 6 nitrogen and oxygen atoms in total. The molecule has 2 aromatic rings. The maximum atomic E-state index is 13.0. The van der Waals surface area contributed by atoms with Crippen molar-refractivity contribution in [3.63, 3.8) is 0 Å². The zero-order chi connectivity index (χ0) is 22.0. The molecule has 1 aliphatic heterocycles. The minimum Gasteiger partial charge on any atom is -0.507 e. The van der Waals surface area contributed by atoms with Gasteiger partial charge in [-0.2, -0.15) is 0 Å². The predicted octanol–water partition coefficient (Wildman–Crippen LogP) is 3.30. The highest BCUT2D eigenvalue weighted by Crippen LogP contribution is 2.40. The fraction of sp³-hybridized carbons (Fsp3) is 0.333. The molecule has 1 atom stereocenters. The Labute approximate surface area is 177 Å². The lowest BCUT2D eigenvalue weighted by Crippen LogP contribution is -2.35. The van der Waals surface area contributed by atoms with Gasteiger partial charge in [-0.15, -0.1) is 0 Å². The molecular formula is C24H28N2O4. The summed E-state index contributed by atoms with van der Waals surface area (Å²) in [4.78, 5) is 29.4. The number of aliphatic hydroxyl groups is 1. The number of carbonyl (C=O) groups excluding carboxylic acids is 2. The van der Waals surface area contributed by atoms with Crippen molar-refractivity contribution in [3.8, 4) is 5.75 Å². The fourth-order valence-corrected chi connectivity index (χ4v) is 3.69. The molecule has 0 saturated carbocycles. The molecule has 0 aliphatic carbocycles. The molecule has 0 aromatic heterocycles. The van der Waals surface area contributed by atoms with Gasteiger partial charge in [-0.1, -0.05) is 29.8 Å². The molecule has 6 heteroatoms. The second-order valence-corrected chi connectivity index (χ2v) is 7.89. The van der Waals surface area contributed by atoms with Crippen molar-refractivity contribution >= 4 is 17.4 Å². The first-order chi connectivity index (χ1) is 14.2. The quantitative estimate of drug-likeness (QED) is 0.451. The van der Waals surface area contributed by atoms with Gasteiger partial charge in [0.05, 0.1) is 18.7 Å². The van der Waals surface area contributed by atoms with Crippen LogP contribution < -0.4 is 4.74 Å². The van der Waals surface area contributed by atoms with Crippen molar-refractivity contribution < 1.29 is 19.4 Å². The minimum absolute atomic E-state index is 0.121. The van der Waals surface area contributed by atoms with Crippen LogP contribution in [-0.2, 0) is 9.59 Å². The van der Waals surface area contributed by atoms with E-state index in [4.69, 9.17) is 4.74 Å². The number of amides is 1. The van der Waals surface area contributed by atoms with Gasteiger partial charge < -0.3 is 19.6 Å². The number of Topliss-reactive ketones (excluding diaryl/α,β-unsaturated/α-hetero) is 1. The monoisotopic (exact) mass is 408 g/mol. The minimum atomic E-state index is -0.660. The van der Waals surface area contributed by atoms with E-state index >= 15 is 0 Å². The highest BCUT2D eigenvalue weighted by Gasteiger charge is 2.45. The Morgan fingerprint density at radius 1 is 1.10 bits per heavy atom. The smallest absolute Gasteiger partial charge is 0.295 e. The molecule has 1 heterocycles. The third-order valence-corrected chi connectivity index (χ3v) is 5.41. The molecule has 2 aromatic carbocycles. The van der Waals surface area contributed by atoms with E-state index in [1.165, 1.54) is 0 Å². The molecule has 1 saturated heterocycles. The summed E-state index contributed by atoms with van der Waals surface area (Å²) >= 11 is 0. The van der Waals surface area contributed by atoms with E-state index in [0.29, 0.717) is 24.4 Å². The Hall–Kier alpha value is -3.12. The summed E-state index contributed by atoms with van der Waals surface area (Å²) in [6.07, 6.45) is 0. The molecule has 1 unspecified atom stereocenters. The van der Waals surface area contributed by atoms with Crippen molar-refractivity contribution in [1.29, 1.82) is 0 Å². The lowest BCUT2D eigenvalue weighted by atomic mass is 9.93. The van der Waals surface area contributed by atoms with Gasteiger partial charge in [-0.25, -0.2) is 0 Å². The number of methoxy groups -OCH3 is 1. The van der Waals surface area contributed by atoms with Crippen molar-refractivity contribution in [3.05, 3.63) is 70.3 Å². The second-order valence-electron chi connectivity index (χ2n) is 7.89. The number of benzene rings is 2. The zero-order valence-electron chi connectivity index (χ0n) is 18.1. The Kier molecular flexibility index (Phi) is 6.27. The van der Waals surface area contributed by atoms with E-state index in [1.54, 1.807) is 30.2 Å². The summed E-state index contributed by atoms with van der Waals surface area (Å²) < 4.78 is 5.23. The van der Waals surface area contributed by atoms with Crippen molar-refractivity contribution in [1.82, 2.24) is 9.80 Å². The van der Waals surface area contributed by atoms with Gasteiger partial charge in [-0.3, -0.25) is 9.59 Å². The molecular weight excluding hydrogens is 380 g/mol. The normalized spacial score (nSPS) is 18.3. The van der Waals surface area contributed by atoms with E-state index in [9.17, 15) is 14.7 Å². The number of ketones is 1. The number of likely N-dealkylation sites (N-methyl/N-ethyl adjacent to an activating group) is 1. The number of aryl methyl sites for hydroxylation is 2. The van der Waals surface area contributed by atoms with Crippen LogP contribution in [0.3, 0.4) is 0 Å². The van der Waals surface area contributed by atoms with Gasteiger partial charge in [0.2, 0.25) is 0 Å². The van der Waals surface area contributed by atoms with Gasteiger partial charge in [0.25, 0.3) is 11.7 Å². The first-order valence-corrected chi connectivity index (χ1v) is 9.89. The molecule has 0 spiro atoms. The molecule has 1 N–H and O–H groups in total. The molecule has 3 rings (SSSR count). The van der Waals surface area contributed by atoms with Gasteiger partial charge in [0.15, 0.2) is 0 Å². The van der Waals surface area contributed by atoms with Crippen molar-refractivity contribution in [2.75, 3.05) is 34.3 Å². The maximum absolute atomic E-state index is 13.0. The van der Waals surface area contributed by atoms with E-state index in [2.05, 4.69) is 0 Å². The Morgan fingerprint density at radius 2 is 1.77 bits per heavy atom. The van der Waals surface area contributed by atoms with Crippen LogP contribution in [0.5, 0.6) is 5.75 Å². The van der Waals surface area contributed by atoms with E-state index < -0.39 is 17.7 Å². The second kappa shape index (κ2) is 8.71. The lowest BCUT2D eigenvalue weighted by Gasteiger charge is -2.26. The molecule has 1 fully saturated rings. The maximum Gasteiger partial charge on any atom is 0.295 e. The first kappa shape index (κ1) is 21.6. The average molecular weight is 408 g/mol. The SMILES string of the molecule is COc1ccc(C(O)=C2C(=O)C(=O)N(CCN(C)C)C2c2ccc(C)cc2)c(C)c1. The topological polar surface area (TPSA) is 70.1 Å².